The maximum atomic E-state index is 10.3. The highest BCUT2D eigenvalue weighted by molar-refractivity contribution is 7.89. The second-order valence-corrected chi connectivity index (χ2v) is 3.08. The summed E-state index contributed by atoms with van der Waals surface area (Å²) >= 11 is 3.12. The van der Waals surface area contributed by atoms with Crippen LogP contribution in [-0.2, 0) is 14.3 Å². The van der Waals surface area contributed by atoms with Crippen molar-refractivity contribution in [3.8, 4) is 0 Å². The van der Waals surface area contributed by atoms with E-state index in [0.717, 1.165) is 0 Å². The fourth-order valence-corrected chi connectivity index (χ4v) is 0.615. The first-order valence-electron chi connectivity index (χ1n) is 1.88. The van der Waals surface area contributed by atoms with E-state index in [1.807, 2.05) is 0 Å². The Balaban J connectivity index is 3.76. The van der Waals surface area contributed by atoms with Gasteiger partial charge in [-0.3, -0.25) is 0 Å². The molecule has 0 fully saturated rings. The molecular weight excluding hydrogens is 150 g/mol. The van der Waals surface area contributed by atoms with Crippen LogP contribution in [0.15, 0.2) is 0 Å². The van der Waals surface area contributed by atoms with E-state index in [-0.39, 0.29) is 5.75 Å². The van der Waals surface area contributed by atoms with Crippen LogP contribution in [0.5, 0.6) is 0 Å². The molecule has 48 valence electrons. The van der Waals surface area contributed by atoms with Gasteiger partial charge < -0.3 is 0 Å². The summed E-state index contributed by atoms with van der Waals surface area (Å²) in [6.45, 7) is 1.46. The Morgan fingerprint density at radius 1 is 1.75 bits per heavy atom. The van der Waals surface area contributed by atoms with Gasteiger partial charge in [-0.15, -0.1) is 0 Å². The van der Waals surface area contributed by atoms with E-state index in [0.29, 0.717) is 0 Å². The molecule has 0 N–H and O–H groups in total. The summed E-state index contributed by atoms with van der Waals surface area (Å²) in [4.78, 5) is 2.71. The van der Waals surface area contributed by atoms with E-state index in [4.69, 9.17) is 0 Å². The number of nitrogens with zero attached hydrogens (tertiary/aromatic N) is 1. The van der Waals surface area contributed by atoms with Gasteiger partial charge in [0.15, 0.2) is 0 Å². The molecule has 8 heavy (non-hydrogen) atoms. The molecule has 0 aromatic heterocycles. The summed E-state index contributed by atoms with van der Waals surface area (Å²) < 4.78 is 24.2. The summed E-state index contributed by atoms with van der Waals surface area (Å²) in [7, 11) is -3.34. The van der Waals surface area contributed by atoms with Crippen molar-refractivity contribution in [2.75, 3.05) is 5.75 Å². The van der Waals surface area contributed by atoms with Gasteiger partial charge in [0, 0.05) is 4.28 Å². The zero-order valence-electron chi connectivity index (χ0n) is 4.23. The molecule has 0 aliphatic rings. The monoisotopic (exact) mass is 156 g/mol. The smallest absolute Gasteiger partial charge is 0.158 e. The average molecular weight is 156 g/mol. The van der Waals surface area contributed by atoms with Crippen molar-refractivity contribution in [1.82, 2.24) is 4.89 Å². The number of hydrogen-bond donors (Lipinski definition) is 1. The second kappa shape index (κ2) is 3.29. The van der Waals surface area contributed by atoms with Crippen LogP contribution in [0.2, 0.25) is 0 Å². The molecule has 0 aliphatic heterocycles. The molecule has 6 heteroatoms. The predicted octanol–water partition coefficient (Wildman–Crippen LogP) is -0.283. The Morgan fingerprint density at radius 2 is 2.25 bits per heavy atom. The minimum absolute atomic E-state index is 0.0619. The molecule has 0 aromatic rings. The minimum atomic E-state index is -3.34. The van der Waals surface area contributed by atoms with Gasteiger partial charge in [0.2, 0.25) is 0 Å². The lowest BCUT2D eigenvalue weighted by Gasteiger charge is -1.74. The van der Waals surface area contributed by atoms with E-state index < -0.39 is 10.0 Å². The zero-order valence-corrected chi connectivity index (χ0v) is 5.95. The maximum absolute atomic E-state index is 10.3. The van der Waals surface area contributed by atoms with E-state index in [1.165, 1.54) is 6.92 Å². The van der Waals surface area contributed by atoms with Crippen molar-refractivity contribution >= 4 is 22.9 Å². The van der Waals surface area contributed by atoms with E-state index in [9.17, 15) is 8.42 Å². The summed E-state index contributed by atoms with van der Waals surface area (Å²) in [6.07, 6.45) is 0. The quantitative estimate of drug-likeness (QED) is 0.347. The Bertz CT molecular complexity index is 139. The largest absolute Gasteiger partial charge is 0.443 e. The summed E-state index contributed by atoms with van der Waals surface area (Å²) in [5.41, 5.74) is 0. The third kappa shape index (κ3) is 3.25. The van der Waals surface area contributed by atoms with Crippen LogP contribution >= 0.6 is 12.9 Å². The first-order chi connectivity index (χ1) is 3.62. The molecule has 0 atom stereocenters. The van der Waals surface area contributed by atoms with Gasteiger partial charge in [0.25, 0.3) is 0 Å². The highest BCUT2D eigenvalue weighted by atomic mass is 32.2. The van der Waals surface area contributed by atoms with Crippen LogP contribution in [0.25, 0.3) is 0 Å². The SMILES string of the molecule is CCS(=O)(=O)[N+]OS. The average Bonchev–Trinajstić information content (AvgIpc) is 1.67. The Hall–Kier alpha value is 0.220. The minimum Gasteiger partial charge on any atom is -0.158 e. The molecule has 0 saturated carbocycles. The number of rotatable bonds is 3. The number of sulfonamides is 1. The fourth-order valence-electron chi connectivity index (χ4n) is 0.103. The number of hydrogen-bond acceptors (Lipinski definition) is 4. The molecule has 0 saturated heterocycles. The molecule has 0 aliphatic carbocycles. The molecule has 4 nitrogen and oxygen atoms in total. The summed E-state index contributed by atoms with van der Waals surface area (Å²) in [5.74, 6) is -0.0619. The predicted molar refractivity (Wildman–Crippen MR) is 31.7 cm³/mol. The second-order valence-electron chi connectivity index (χ2n) is 1.03. The Labute approximate surface area is 53.8 Å². The topological polar surface area (TPSA) is 57.5 Å². The van der Waals surface area contributed by atoms with E-state index in [1.54, 1.807) is 0 Å². The van der Waals surface area contributed by atoms with Crippen LogP contribution in [0, 0.1) is 0 Å². The van der Waals surface area contributed by atoms with Gasteiger partial charge in [-0.1, -0.05) is 0 Å². The lowest BCUT2D eigenvalue weighted by molar-refractivity contribution is 0.318. The van der Waals surface area contributed by atoms with Crippen LogP contribution in [0.3, 0.4) is 0 Å². The van der Waals surface area contributed by atoms with Crippen molar-refractivity contribution in [1.29, 1.82) is 0 Å². The van der Waals surface area contributed by atoms with Crippen LogP contribution < -0.4 is 4.89 Å². The normalized spacial score (nSPS) is 11.8. The number of thiol groups is 1. The lowest BCUT2D eigenvalue weighted by atomic mass is 11.0. The van der Waals surface area contributed by atoms with E-state index >= 15 is 0 Å². The van der Waals surface area contributed by atoms with E-state index in [2.05, 4.69) is 22.1 Å². The molecule has 2 radical (unpaired) electrons. The van der Waals surface area contributed by atoms with Crippen molar-refractivity contribution in [3.63, 3.8) is 0 Å². The van der Waals surface area contributed by atoms with Crippen molar-refractivity contribution in [2.24, 2.45) is 0 Å². The first-order valence-corrected chi connectivity index (χ1v) is 3.85. The van der Waals surface area contributed by atoms with Gasteiger partial charge >= 0.3 is 14.9 Å². The molecule has 0 bridgehead atoms. The fraction of sp³-hybridized carbons (Fsp3) is 1.00. The maximum Gasteiger partial charge on any atom is 0.443 e. The molecule has 0 unspecified atom stereocenters. The van der Waals surface area contributed by atoms with Gasteiger partial charge in [0.1, 0.15) is 5.75 Å². The van der Waals surface area contributed by atoms with Gasteiger partial charge in [-0.05, 0) is 6.92 Å². The molecule has 0 aromatic carbocycles. The first kappa shape index (κ1) is 8.22. The summed E-state index contributed by atoms with van der Waals surface area (Å²) in [6, 6.07) is 0. The molecule has 0 heterocycles. The van der Waals surface area contributed by atoms with Gasteiger partial charge in [-0.25, -0.2) is 0 Å². The zero-order chi connectivity index (χ0) is 6.62. The highest BCUT2D eigenvalue weighted by Gasteiger charge is 2.25. The third-order valence-corrected chi connectivity index (χ3v) is 1.74. The van der Waals surface area contributed by atoms with Crippen LogP contribution in [0.4, 0.5) is 0 Å². The molecule has 0 rings (SSSR count). The molecule has 0 amide bonds. The van der Waals surface area contributed by atoms with Gasteiger partial charge in [-0.2, -0.15) is 8.42 Å². The molecule has 0 spiro atoms. The van der Waals surface area contributed by atoms with Crippen LogP contribution in [0.1, 0.15) is 6.92 Å². The molecular formula is C2H6NO3S2+. The van der Waals surface area contributed by atoms with Crippen molar-refractivity contribution < 1.29 is 12.7 Å². The summed E-state index contributed by atoms with van der Waals surface area (Å²) in [5, 5.41) is 0. The third-order valence-electron chi connectivity index (χ3n) is 0.512. The Morgan fingerprint density at radius 3 is 2.38 bits per heavy atom. The Kier molecular flexibility index (Phi) is 3.38. The van der Waals surface area contributed by atoms with Crippen molar-refractivity contribution in [3.05, 3.63) is 0 Å². The highest BCUT2D eigenvalue weighted by Crippen LogP contribution is 1.85. The lowest BCUT2D eigenvalue weighted by Crippen LogP contribution is -2.14. The standard InChI is InChI=1S/C2H6NO3S2/c1-2-8(4,5)3-6-7/h7H,2H2,1H3/q+1. The van der Waals surface area contributed by atoms with Gasteiger partial charge in [0.05, 0.1) is 12.9 Å². The van der Waals surface area contributed by atoms with Crippen LogP contribution in [-0.4, -0.2) is 14.2 Å². The van der Waals surface area contributed by atoms with Crippen molar-refractivity contribution in [2.45, 2.75) is 6.92 Å².